The van der Waals surface area contributed by atoms with Crippen molar-refractivity contribution in [3.63, 3.8) is 0 Å². The number of hydrogen-bond acceptors (Lipinski definition) is 4. The Morgan fingerprint density at radius 1 is 1.12 bits per heavy atom. The van der Waals surface area contributed by atoms with Crippen molar-refractivity contribution in [1.82, 2.24) is 10.2 Å². The van der Waals surface area contributed by atoms with Crippen LogP contribution in [-0.2, 0) is 14.3 Å². The molecular weight excluding hydrogens is 339 g/mol. The topological polar surface area (TPSA) is 75.7 Å². The fourth-order valence-electron chi connectivity index (χ4n) is 2.33. The van der Waals surface area contributed by atoms with Crippen LogP contribution in [0.1, 0.15) is 38.1 Å². The van der Waals surface area contributed by atoms with E-state index >= 15 is 0 Å². The normalized spacial score (nSPS) is 10.7. The molecule has 0 fully saturated rings. The number of rotatable bonds is 9. The van der Waals surface area contributed by atoms with Gasteiger partial charge in [0.2, 0.25) is 0 Å². The van der Waals surface area contributed by atoms with E-state index < -0.39 is 24.2 Å². The Morgan fingerprint density at radius 2 is 1.73 bits per heavy atom. The lowest BCUT2D eigenvalue weighted by Crippen LogP contribution is -2.40. The molecule has 0 aromatic heterocycles. The van der Waals surface area contributed by atoms with E-state index in [-0.39, 0.29) is 18.1 Å². The Kier molecular flexibility index (Phi) is 8.75. The van der Waals surface area contributed by atoms with Crippen molar-refractivity contribution >= 4 is 17.8 Å². The van der Waals surface area contributed by atoms with Gasteiger partial charge < -0.3 is 15.0 Å². The van der Waals surface area contributed by atoms with Gasteiger partial charge in [-0.3, -0.25) is 14.4 Å². The van der Waals surface area contributed by atoms with E-state index in [2.05, 4.69) is 5.32 Å². The molecule has 0 radical (unpaired) electrons. The van der Waals surface area contributed by atoms with E-state index in [9.17, 15) is 18.8 Å². The maximum atomic E-state index is 13.1. The molecule has 0 aliphatic carbocycles. The average Bonchev–Trinajstić information content (AvgIpc) is 2.56. The van der Waals surface area contributed by atoms with Crippen molar-refractivity contribution < 1.29 is 23.5 Å². The minimum atomic E-state index is -0.725. The summed E-state index contributed by atoms with van der Waals surface area (Å²) < 4.78 is 18.0. The first-order valence-corrected chi connectivity index (χ1v) is 8.66. The second kappa shape index (κ2) is 10.5. The molecule has 0 saturated heterocycles. The molecule has 0 aliphatic rings. The largest absolute Gasteiger partial charge is 0.454 e. The molecular formula is C19H27FN2O4. The lowest BCUT2D eigenvalue weighted by molar-refractivity contribution is -0.151. The van der Waals surface area contributed by atoms with Gasteiger partial charge in [-0.25, -0.2) is 4.39 Å². The van der Waals surface area contributed by atoms with Crippen LogP contribution in [0.5, 0.6) is 0 Å². The van der Waals surface area contributed by atoms with Gasteiger partial charge in [0.15, 0.2) is 6.61 Å². The summed E-state index contributed by atoms with van der Waals surface area (Å²) in [6.45, 7) is 8.45. The molecule has 2 amide bonds. The Balaban J connectivity index is 2.44. The number of hydrogen-bond donors (Lipinski definition) is 1. The monoisotopic (exact) mass is 366 g/mol. The Labute approximate surface area is 153 Å². The summed E-state index contributed by atoms with van der Waals surface area (Å²) in [7, 11) is 0. The van der Waals surface area contributed by atoms with Gasteiger partial charge in [0, 0.05) is 18.7 Å². The fourth-order valence-corrected chi connectivity index (χ4v) is 2.33. The van der Waals surface area contributed by atoms with Crippen LogP contribution in [0.3, 0.4) is 0 Å². The number of ether oxygens (including phenoxy) is 1. The van der Waals surface area contributed by atoms with Gasteiger partial charge in [0.1, 0.15) is 12.4 Å². The third-order valence-corrected chi connectivity index (χ3v) is 3.36. The van der Waals surface area contributed by atoms with E-state index in [0.717, 1.165) is 6.07 Å². The van der Waals surface area contributed by atoms with Crippen LogP contribution in [0.15, 0.2) is 24.3 Å². The maximum Gasteiger partial charge on any atom is 0.325 e. The van der Waals surface area contributed by atoms with Crippen molar-refractivity contribution in [1.29, 1.82) is 0 Å². The smallest absolute Gasteiger partial charge is 0.325 e. The van der Waals surface area contributed by atoms with Gasteiger partial charge >= 0.3 is 5.97 Å². The molecule has 0 spiro atoms. The molecule has 0 saturated carbocycles. The van der Waals surface area contributed by atoms with Crippen LogP contribution >= 0.6 is 0 Å². The standard InChI is InChI=1S/C19H27FN2O4/c1-13(2)10-22(11-14(3)4)17(23)12-26-18(24)9-21-19(25)15-6-5-7-16(20)8-15/h5-8,13-14H,9-12H2,1-4H3,(H,21,25). The van der Waals surface area contributed by atoms with Crippen LogP contribution in [0.25, 0.3) is 0 Å². The van der Waals surface area contributed by atoms with Crippen LogP contribution < -0.4 is 5.32 Å². The van der Waals surface area contributed by atoms with Crippen molar-refractivity contribution in [3.05, 3.63) is 35.6 Å². The highest BCUT2D eigenvalue weighted by molar-refractivity contribution is 5.96. The molecule has 1 N–H and O–H groups in total. The molecule has 0 heterocycles. The zero-order chi connectivity index (χ0) is 19.7. The highest BCUT2D eigenvalue weighted by Crippen LogP contribution is 2.05. The molecule has 1 aromatic rings. The summed E-state index contributed by atoms with van der Waals surface area (Å²) in [5.41, 5.74) is 0.105. The molecule has 0 aliphatic heterocycles. The number of nitrogens with one attached hydrogen (secondary N) is 1. The molecule has 0 bridgehead atoms. The summed E-state index contributed by atoms with van der Waals surface area (Å²) in [5.74, 6) is -1.51. The van der Waals surface area contributed by atoms with Crippen molar-refractivity contribution in [3.8, 4) is 0 Å². The minimum absolute atomic E-state index is 0.105. The maximum absolute atomic E-state index is 13.1. The first-order valence-electron chi connectivity index (χ1n) is 8.66. The number of halogens is 1. The Bertz CT molecular complexity index is 622. The minimum Gasteiger partial charge on any atom is -0.454 e. The summed E-state index contributed by atoms with van der Waals surface area (Å²) in [5, 5.41) is 2.34. The third kappa shape index (κ3) is 8.09. The summed E-state index contributed by atoms with van der Waals surface area (Å²) in [4.78, 5) is 37.5. The fraction of sp³-hybridized carbons (Fsp3) is 0.526. The van der Waals surface area contributed by atoms with Crippen LogP contribution in [0, 0.1) is 17.7 Å². The first-order chi connectivity index (χ1) is 12.2. The van der Waals surface area contributed by atoms with Crippen molar-refractivity contribution in [2.75, 3.05) is 26.2 Å². The quantitative estimate of drug-likeness (QED) is 0.680. The van der Waals surface area contributed by atoms with Gasteiger partial charge in [-0.15, -0.1) is 0 Å². The van der Waals surface area contributed by atoms with Gasteiger partial charge in [-0.1, -0.05) is 33.8 Å². The molecule has 7 heteroatoms. The predicted octanol–water partition coefficient (Wildman–Crippen LogP) is 2.24. The summed E-state index contributed by atoms with van der Waals surface area (Å²) >= 11 is 0. The number of esters is 1. The molecule has 0 atom stereocenters. The van der Waals surface area contributed by atoms with Gasteiger partial charge in [-0.2, -0.15) is 0 Å². The van der Waals surface area contributed by atoms with E-state index in [1.807, 2.05) is 27.7 Å². The third-order valence-electron chi connectivity index (χ3n) is 3.36. The first kappa shape index (κ1) is 21.6. The van der Waals surface area contributed by atoms with E-state index in [4.69, 9.17) is 4.74 Å². The molecule has 0 unspecified atom stereocenters. The molecule has 144 valence electrons. The van der Waals surface area contributed by atoms with E-state index in [0.29, 0.717) is 24.9 Å². The number of amides is 2. The summed E-state index contributed by atoms with van der Waals surface area (Å²) in [6, 6.07) is 5.12. The molecule has 1 aromatic carbocycles. The van der Waals surface area contributed by atoms with Crippen LogP contribution in [-0.4, -0.2) is 48.9 Å². The van der Waals surface area contributed by atoms with Gasteiger partial charge in [0.25, 0.3) is 11.8 Å². The second-order valence-corrected chi connectivity index (χ2v) is 6.94. The van der Waals surface area contributed by atoms with Crippen molar-refractivity contribution in [2.45, 2.75) is 27.7 Å². The molecule has 1 rings (SSSR count). The van der Waals surface area contributed by atoms with Crippen LogP contribution in [0.2, 0.25) is 0 Å². The Hall–Kier alpha value is -2.44. The Morgan fingerprint density at radius 3 is 2.27 bits per heavy atom. The van der Waals surface area contributed by atoms with Gasteiger partial charge in [-0.05, 0) is 30.0 Å². The summed E-state index contributed by atoms with van der Waals surface area (Å²) in [6.07, 6.45) is 0. The van der Waals surface area contributed by atoms with Crippen molar-refractivity contribution in [2.24, 2.45) is 11.8 Å². The highest BCUT2D eigenvalue weighted by atomic mass is 19.1. The average molecular weight is 366 g/mol. The van der Waals surface area contributed by atoms with E-state index in [1.165, 1.54) is 18.2 Å². The van der Waals surface area contributed by atoms with Gasteiger partial charge in [0.05, 0.1) is 0 Å². The number of carbonyl (C=O) groups is 3. The SMILES string of the molecule is CC(C)CN(CC(C)C)C(=O)COC(=O)CNC(=O)c1cccc(F)c1. The predicted molar refractivity (Wildman–Crippen MR) is 95.9 cm³/mol. The number of nitrogens with zero attached hydrogens (tertiary/aromatic N) is 1. The lowest BCUT2D eigenvalue weighted by Gasteiger charge is -2.26. The lowest BCUT2D eigenvalue weighted by atomic mass is 10.1. The second-order valence-electron chi connectivity index (χ2n) is 6.94. The zero-order valence-electron chi connectivity index (χ0n) is 15.8. The number of benzene rings is 1. The highest BCUT2D eigenvalue weighted by Gasteiger charge is 2.18. The molecule has 26 heavy (non-hydrogen) atoms. The van der Waals surface area contributed by atoms with E-state index in [1.54, 1.807) is 4.90 Å². The van der Waals surface area contributed by atoms with Crippen LogP contribution in [0.4, 0.5) is 4.39 Å². The zero-order valence-corrected chi connectivity index (χ0v) is 15.8. The number of carbonyl (C=O) groups excluding carboxylic acids is 3. The molecule has 6 nitrogen and oxygen atoms in total.